The number of aliphatic hydroxyl groups excluding tert-OH is 1. The normalized spacial score (nSPS) is 13.8. The van der Waals surface area contributed by atoms with Crippen LogP contribution in [0.3, 0.4) is 0 Å². The van der Waals surface area contributed by atoms with Gasteiger partial charge in [-0.05, 0) is 50.3 Å². The summed E-state index contributed by atoms with van der Waals surface area (Å²) >= 11 is 0. The third-order valence-electron chi connectivity index (χ3n) is 2.89. The van der Waals surface area contributed by atoms with Crippen molar-refractivity contribution in [3.05, 3.63) is 34.4 Å². The molecule has 0 aliphatic carbocycles. The van der Waals surface area contributed by atoms with Gasteiger partial charge in [-0.1, -0.05) is 17.7 Å². The molecule has 0 heterocycles. The summed E-state index contributed by atoms with van der Waals surface area (Å²) in [6.07, 6.45) is -6.79. The Morgan fingerprint density at radius 1 is 1.12 bits per heavy atom. The predicted molar refractivity (Wildman–Crippen MR) is 61.0 cm³/mol. The average Bonchev–Trinajstić information content (AvgIpc) is 2.13. The van der Waals surface area contributed by atoms with Crippen LogP contribution in [0, 0.1) is 20.8 Å². The van der Waals surface area contributed by atoms with E-state index in [0.717, 1.165) is 22.3 Å². The summed E-state index contributed by atoms with van der Waals surface area (Å²) in [4.78, 5) is 0. The monoisotopic (exact) mass is 246 g/mol. The summed E-state index contributed by atoms with van der Waals surface area (Å²) in [5.74, 6) is 0. The molecule has 1 nitrogen and oxygen atoms in total. The van der Waals surface area contributed by atoms with E-state index in [1.807, 2.05) is 32.9 Å². The minimum atomic E-state index is -4.52. The fraction of sp³-hybridized carbons (Fsp3) is 0.538. The Balaban J connectivity index is 2.77. The van der Waals surface area contributed by atoms with Crippen molar-refractivity contribution in [3.8, 4) is 0 Å². The molecule has 0 aliphatic rings. The van der Waals surface area contributed by atoms with Crippen LogP contribution in [0.15, 0.2) is 12.1 Å². The summed E-state index contributed by atoms with van der Waals surface area (Å²) in [5, 5.41) is 8.96. The second kappa shape index (κ2) is 5.08. The Hall–Kier alpha value is -1.03. The standard InChI is InChI=1S/C13H17F3O/c1-8-6-9(2)11(10(3)7-8)4-5-12(17)13(14,15)16/h6-7,12,17H,4-5H2,1-3H3. The predicted octanol–water partition coefficient (Wildman–Crippen LogP) is 3.47. The molecule has 0 fully saturated rings. The van der Waals surface area contributed by atoms with E-state index in [-0.39, 0.29) is 12.8 Å². The van der Waals surface area contributed by atoms with Gasteiger partial charge in [-0.2, -0.15) is 13.2 Å². The van der Waals surface area contributed by atoms with Gasteiger partial charge in [0.15, 0.2) is 0 Å². The van der Waals surface area contributed by atoms with Crippen LogP contribution < -0.4 is 0 Å². The zero-order valence-corrected chi connectivity index (χ0v) is 10.2. The lowest BCUT2D eigenvalue weighted by atomic mass is 9.95. The Kier molecular flexibility index (Phi) is 4.20. The molecule has 1 N–H and O–H groups in total. The third-order valence-corrected chi connectivity index (χ3v) is 2.89. The zero-order valence-electron chi connectivity index (χ0n) is 10.2. The first-order valence-electron chi connectivity index (χ1n) is 5.53. The third kappa shape index (κ3) is 3.73. The van der Waals surface area contributed by atoms with Gasteiger partial charge in [0.2, 0.25) is 0 Å². The van der Waals surface area contributed by atoms with Gasteiger partial charge < -0.3 is 5.11 Å². The lowest BCUT2D eigenvalue weighted by Crippen LogP contribution is -2.29. The van der Waals surface area contributed by atoms with Gasteiger partial charge in [0.05, 0.1) is 0 Å². The van der Waals surface area contributed by atoms with E-state index in [1.165, 1.54) is 0 Å². The molecule has 0 aliphatic heterocycles. The number of alkyl halides is 3. The van der Waals surface area contributed by atoms with Crippen LogP contribution in [0.4, 0.5) is 13.2 Å². The maximum Gasteiger partial charge on any atom is 0.414 e. The summed E-state index contributed by atoms with van der Waals surface area (Å²) in [5.41, 5.74) is 3.97. The van der Waals surface area contributed by atoms with E-state index in [2.05, 4.69) is 0 Å². The van der Waals surface area contributed by atoms with Gasteiger partial charge in [-0.15, -0.1) is 0 Å². The van der Waals surface area contributed by atoms with E-state index in [0.29, 0.717) is 0 Å². The van der Waals surface area contributed by atoms with Gasteiger partial charge in [0.25, 0.3) is 0 Å². The number of halogens is 3. The highest BCUT2D eigenvalue weighted by Gasteiger charge is 2.37. The number of benzene rings is 1. The molecule has 0 spiro atoms. The molecule has 1 atom stereocenters. The molecule has 0 saturated heterocycles. The number of rotatable bonds is 3. The summed E-state index contributed by atoms with van der Waals surface area (Å²) in [7, 11) is 0. The lowest BCUT2D eigenvalue weighted by molar-refractivity contribution is -0.205. The molecule has 0 saturated carbocycles. The van der Waals surface area contributed by atoms with E-state index in [4.69, 9.17) is 5.11 Å². The van der Waals surface area contributed by atoms with Gasteiger partial charge in [0.1, 0.15) is 6.10 Å². The molecule has 17 heavy (non-hydrogen) atoms. The lowest BCUT2D eigenvalue weighted by Gasteiger charge is -2.16. The molecule has 1 aromatic rings. The molecular formula is C13H17F3O. The van der Waals surface area contributed by atoms with Gasteiger partial charge in [0, 0.05) is 0 Å². The zero-order chi connectivity index (χ0) is 13.2. The largest absolute Gasteiger partial charge is 0.414 e. The molecular weight excluding hydrogens is 229 g/mol. The average molecular weight is 246 g/mol. The van der Waals surface area contributed by atoms with Crippen molar-refractivity contribution in [3.63, 3.8) is 0 Å². The molecule has 1 rings (SSSR count). The van der Waals surface area contributed by atoms with Crippen molar-refractivity contribution < 1.29 is 18.3 Å². The maximum atomic E-state index is 12.2. The fourth-order valence-corrected chi connectivity index (χ4v) is 2.05. The van der Waals surface area contributed by atoms with Crippen molar-refractivity contribution in [2.75, 3.05) is 0 Å². The highest BCUT2D eigenvalue weighted by Crippen LogP contribution is 2.25. The van der Waals surface area contributed by atoms with E-state index < -0.39 is 12.3 Å². The quantitative estimate of drug-likeness (QED) is 0.865. The van der Waals surface area contributed by atoms with Crippen LogP contribution in [0.1, 0.15) is 28.7 Å². The van der Waals surface area contributed by atoms with Crippen molar-refractivity contribution in [1.82, 2.24) is 0 Å². The first kappa shape index (κ1) is 14.0. The van der Waals surface area contributed by atoms with Crippen LogP contribution in [0.2, 0.25) is 0 Å². The van der Waals surface area contributed by atoms with Gasteiger partial charge in [-0.25, -0.2) is 0 Å². The maximum absolute atomic E-state index is 12.2. The molecule has 0 bridgehead atoms. The van der Waals surface area contributed by atoms with Crippen LogP contribution in [0.25, 0.3) is 0 Å². The topological polar surface area (TPSA) is 20.2 Å². The molecule has 4 heteroatoms. The molecule has 0 aromatic heterocycles. The Morgan fingerprint density at radius 2 is 1.59 bits per heavy atom. The van der Waals surface area contributed by atoms with Crippen molar-refractivity contribution in [2.24, 2.45) is 0 Å². The molecule has 0 amide bonds. The Morgan fingerprint density at radius 3 is 2.00 bits per heavy atom. The first-order chi connectivity index (χ1) is 7.71. The van der Waals surface area contributed by atoms with E-state index in [9.17, 15) is 13.2 Å². The summed E-state index contributed by atoms with van der Waals surface area (Å²) in [6, 6.07) is 3.89. The second-order valence-corrected chi connectivity index (χ2v) is 4.47. The SMILES string of the molecule is Cc1cc(C)c(CCC(O)C(F)(F)F)c(C)c1. The fourth-order valence-electron chi connectivity index (χ4n) is 2.05. The highest BCUT2D eigenvalue weighted by atomic mass is 19.4. The Bertz CT molecular complexity index is 373. The Labute approximate surface area is 99.3 Å². The van der Waals surface area contributed by atoms with Crippen molar-refractivity contribution in [2.45, 2.75) is 45.9 Å². The highest BCUT2D eigenvalue weighted by molar-refractivity contribution is 5.37. The first-order valence-corrected chi connectivity index (χ1v) is 5.53. The minimum Gasteiger partial charge on any atom is -0.384 e. The number of aryl methyl sites for hydroxylation is 3. The van der Waals surface area contributed by atoms with E-state index >= 15 is 0 Å². The second-order valence-electron chi connectivity index (χ2n) is 4.47. The molecule has 1 aromatic carbocycles. The minimum absolute atomic E-state index is 0.249. The van der Waals surface area contributed by atoms with Gasteiger partial charge in [-0.3, -0.25) is 0 Å². The number of hydrogen-bond acceptors (Lipinski definition) is 1. The van der Waals surface area contributed by atoms with Crippen LogP contribution >= 0.6 is 0 Å². The number of aliphatic hydroxyl groups is 1. The van der Waals surface area contributed by atoms with E-state index in [1.54, 1.807) is 0 Å². The van der Waals surface area contributed by atoms with Crippen LogP contribution in [-0.2, 0) is 6.42 Å². The summed E-state index contributed by atoms with van der Waals surface area (Å²) in [6.45, 7) is 5.72. The molecule has 1 unspecified atom stereocenters. The smallest absolute Gasteiger partial charge is 0.384 e. The van der Waals surface area contributed by atoms with Crippen molar-refractivity contribution in [1.29, 1.82) is 0 Å². The van der Waals surface area contributed by atoms with Crippen LogP contribution in [-0.4, -0.2) is 17.4 Å². The number of hydrogen-bond donors (Lipinski definition) is 1. The molecule has 96 valence electrons. The van der Waals surface area contributed by atoms with Crippen molar-refractivity contribution >= 4 is 0 Å². The summed E-state index contributed by atoms with van der Waals surface area (Å²) < 4.78 is 36.5. The van der Waals surface area contributed by atoms with Crippen LogP contribution in [0.5, 0.6) is 0 Å². The molecule has 0 radical (unpaired) electrons. The van der Waals surface area contributed by atoms with Gasteiger partial charge >= 0.3 is 6.18 Å².